The fourth-order valence-electron chi connectivity index (χ4n) is 2.90. The van der Waals surface area contributed by atoms with Crippen LogP contribution in [0.2, 0.25) is 0 Å². The quantitative estimate of drug-likeness (QED) is 0.596. The third kappa shape index (κ3) is 3.72. The van der Waals surface area contributed by atoms with Crippen LogP contribution in [0.15, 0.2) is 42.5 Å². The van der Waals surface area contributed by atoms with Gasteiger partial charge in [0.25, 0.3) is 0 Å². The molecule has 0 amide bonds. The SMILES string of the molecule is C=C1C(CC(=O)OCc2ccccc2)CCCC1(C)C. The van der Waals surface area contributed by atoms with Gasteiger partial charge in [-0.15, -0.1) is 0 Å². The smallest absolute Gasteiger partial charge is 0.306 e. The van der Waals surface area contributed by atoms with Gasteiger partial charge in [-0.2, -0.15) is 0 Å². The monoisotopic (exact) mass is 272 g/mol. The van der Waals surface area contributed by atoms with E-state index in [1.54, 1.807) is 0 Å². The van der Waals surface area contributed by atoms with Crippen LogP contribution in [-0.4, -0.2) is 5.97 Å². The lowest BCUT2D eigenvalue weighted by Crippen LogP contribution is -2.27. The second-order valence-electron chi connectivity index (χ2n) is 6.35. The molecule has 1 saturated carbocycles. The van der Waals surface area contributed by atoms with Crippen molar-refractivity contribution in [3.05, 3.63) is 48.0 Å². The normalized spacial score (nSPS) is 21.5. The van der Waals surface area contributed by atoms with Crippen LogP contribution >= 0.6 is 0 Å². The molecule has 1 aromatic rings. The molecule has 2 nitrogen and oxygen atoms in total. The third-order valence-electron chi connectivity index (χ3n) is 4.37. The van der Waals surface area contributed by atoms with Gasteiger partial charge in [0.05, 0.1) is 6.42 Å². The van der Waals surface area contributed by atoms with Crippen LogP contribution in [0.25, 0.3) is 0 Å². The van der Waals surface area contributed by atoms with E-state index < -0.39 is 0 Å². The molecule has 0 aromatic heterocycles. The first kappa shape index (κ1) is 14.8. The van der Waals surface area contributed by atoms with Crippen molar-refractivity contribution in [3.8, 4) is 0 Å². The first-order valence-corrected chi connectivity index (χ1v) is 7.38. The van der Waals surface area contributed by atoms with Crippen molar-refractivity contribution in [2.75, 3.05) is 0 Å². The van der Waals surface area contributed by atoms with Crippen LogP contribution in [0, 0.1) is 11.3 Å². The van der Waals surface area contributed by atoms with Gasteiger partial charge in [0.2, 0.25) is 0 Å². The van der Waals surface area contributed by atoms with E-state index in [-0.39, 0.29) is 17.3 Å². The number of carbonyl (C=O) groups is 1. The van der Waals surface area contributed by atoms with Gasteiger partial charge >= 0.3 is 5.97 Å². The average molecular weight is 272 g/mol. The molecule has 0 spiro atoms. The predicted octanol–water partition coefficient (Wildman–Crippen LogP) is 4.50. The molecule has 0 heterocycles. The Labute approximate surface area is 121 Å². The fourth-order valence-corrected chi connectivity index (χ4v) is 2.90. The van der Waals surface area contributed by atoms with Crippen LogP contribution in [0.4, 0.5) is 0 Å². The first-order chi connectivity index (χ1) is 9.49. The lowest BCUT2D eigenvalue weighted by atomic mass is 9.68. The molecule has 2 rings (SSSR count). The highest BCUT2D eigenvalue weighted by molar-refractivity contribution is 5.70. The molecule has 0 N–H and O–H groups in total. The molecule has 0 radical (unpaired) electrons. The number of hydrogen-bond acceptors (Lipinski definition) is 2. The molecule has 20 heavy (non-hydrogen) atoms. The summed E-state index contributed by atoms with van der Waals surface area (Å²) in [5.41, 5.74) is 2.40. The molecule has 1 aromatic carbocycles. The van der Waals surface area contributed by atoms with Crippen molar-refractivity contribution in [2.45, 2.75) is 46.1 Å². The molecular weight excluding hydrogens is 248 g/mol. The number of rotatable bonds is 4. The number of hydrogen-bond donors (Lipinski definition) is 0. The average Bonchev–Trinajstić information content (AvgIpc) is 2.43. The minimum absolute atomic E-state index is 0.113. The van der Waals surface area contributed by atoms with E-state index in [0.717, 1.165) is 12.0 Å². The minimum Gasteiger partial charge on any atom is -0.461 e. The van der Waals surface area contributed by atoms with Crippen LogP contribution in [-0.2, 0) is 16.1 Å². The van der Waals surface area contributed by atoms with Gasteiger partial charge in [-0.1, -0.05) is 62.8 Å². The predicted molar refractivity (Wildman–Crippen MR) is 81.1 cm³/mol. The molecule has 0 bridgehead atoms. The highest BCUT2D eigenvalue weighted by Gasteiger charge is 2.33. The fraction of sp³-hybridized carbons (Fsp3) is 0.500. The van der Waals surface area contributed by atoms with Crippen molar-refractivity contribution in [1.82, 2.24) is 0 Å². The van der Waals surface area contributed by atoms with Crippen LogP contribution < -0.4 is 0 Å². The summed E-state index contributed by atoms with van der Waals surface area (Å²) in [5, 5.41) is 0. The first-order valence-electron chi connectivity index (χ1n) is 7.38. The largest absolute Gasteiger partial charge is 0.461 e. The molecule has 0 saturated heterocycles. The minimum atomic E-state index is -0.113. The molecule has 1 unspecified atom stereocenters. The van der Waals surface area contributed by atoms with Crippen LogP contribution in [0.3, 0.4) is 0 Å². The molecule has 1 atom stereocenters. The summed E-state index contributed by atoms with van der Waals surface area (Å²) in [7, 11) is 0. The number of carbonyl (C=O) groups excluding carboxylic acids is 1. The van der Waals surface area contributed by atoms with Gasteiger partial charge in [0, 0.05) is 0 Å². The Morgan fingerprint density at radius 1 is 1.35 bits per heavy atom. The summed E-state index contributed by atoms with van der Waals surface area (Å²) in [6.07, 6.45) is 3.86. The van der Waals surface area contributed by atoms with Crippen molar-refractivity contribution < 1.29 is 9.53 Å². The maximum Gasteiger partial charge on any atom is 0.306 e. The molecule has 1 aliphatic rings. The Morgan fingerprint density at radius 3 is 2.75 bits per heavy atom. The highest BCUT2D eigenvalue weighted by Crippen LogP contribution is 2.43. The van der Waals surface area contributed by atoms with Gasteiger partial charge in [-0.05, 0) is 29.7 Å². The zero-order chi connectivity index (χ0) is 14.6. The van der Waals surface area contributed by atoms with E-state index in [1.165, 1.54) is 18.4 Å². The van der Waals surface area contributed by atoms with E-state index in [1.807, 2.05) is 30.3 Å². The van der Waals surface area contributed by atoms with E-state index in [4.69, 9.17) is 4.74 Å². The summed E-state index contributed by atoms with van der Waals surface area (Å²) in [4.78, 5) is 12.0. The zero-order valence-corrected chi connectivity index (χ0v) is 12.5. The van der Waals surface area contributed by atoms with E-state index in [9.17, 15) is 4.79 Å². The second-order valence-corrected chi connectivity index (χ2v) is 6.35. The maximum absolute atomic E-state index is 12.0. The van der Waals surface area contributed by atoms with Gasteiger partial charge < -0.3 is 4.74 Å². The molecular formula is C18H24O2. The van der Waals surface area contributed by atoms with Gasteiger partial charge in [0.15, 0.2) is 0 Å². The number of allylic oxidation sites excluding steroid dienone is 1. The van der Waals surface area contributed by atoms with Gasteiger partial charge in [-0.25, -0.2) is 0 Å². The third-order valence-corrected chi connectivity index (χ3v) is 4.37. The van der Waals surface area contributed by atoms with E-state index >= 15 is 0 Å². The maximum atomic E-state index is 12.0. The van der Waals surface area contributed by atoms with Crippen molar-refractivity contribution >= 4 is 5.97 Å². The Bertz CT molecular complexity index is 473. The van der Waals surface area contributed by atoms with Crippen molar-refractivity contribution in [1.29, 1.82) is 0 Å². The number of esters is 1. The Hall–Kier alpha value is -1.57. The Morgan fingerprint density at radius 2 is 2.05 bits per heavy atom. The Balaban J connectivity index is 1.84. The van der Waals surface area contributed by atoms with Crippen molar-refractivity contribution in [3.63, 3.8) is 0 Å². The zero-order valence-electron chi connectivity index (χ0n) is 12.5. The number of benzene rings is 1. The topological polar surface area (TPSA) is 26.3 Å². The summed E-state index contributed by atoms with van der Waals surface area (Å²) in [5.74, 6) is 0.166. The highest BCUT2D eigenvalue weighted by atomic mass is 16.5. The van der Waals surface area contributed by atoms with Gasteiger partial charge in [0.1, 0.15) is 6.61 Å². The summed E-state index contributed by atoms with van der Waals surface area (Å²) in [6, 6.07) is 9.80. The Kier molecular flexibility index (Phi) is 4.64. The molecule has 1 fully saturated rings. The van der Waals surface area contributed by atoms with Crippen LogP contribution in [0.1, 0.15) is 45.1 Å². The molecule has 2 heteroatoms. The molecule has 0 aliphatic heterocycles. The number of ether oxygens (including phenoxy) is 1. The van der Waals surface area contributed by atoms with Crippen molar-refractivity contribution in [2.24, 2.45) is 11.3 Å². The molecule has 1 aliphatic carbocycles. The second kappa shape index (κ2) is 6.25. The van der Waals surface area contributed by atoms with E-state index in [2.05, 4.69) is 20.4 Å². The molecule has 108 valence electrons. The summed E-state index contributed by atoms with van der Waals surface area (Å²) >= 11 is 0. The van der Waals surface area contributed by atoms with Crippen LogP contribution in [0.5, 0.6) is 0 Å². The summed E-state index contributed by atoms with van der Waals surface area (Å²) < 4.78 is 5.37. The van der Waals surface area contributed by atoms with Gasteiger partial charge in [-0.3, -0.25) is 4.79 Å². The summed E-state index contributed by atoms with van der Waals surface area (Å²) in [6.45, 7) is 9.01. The van der Waals surface area contributed by atoms with E-state index in [0.29, 0.717) is 13.0 Å². The lowest BCUT2D eigenvalue weighted by molar-refractivity contribution is -0.146. The lowest BCUT2D eigenvalue weighted by Gasteiger charge is -2.37. The standard InChI is InChI=1S/C18H24O2/c1-14-16(10-7-11-18(14,2)3)12-17(19)20-13-15-8-5-4-6-9-15/h4-6,8-9,16H,1,7,10-13H2,2-3H3.